The van der Waals surface area contributed by atoms with E-state index in [0.29, 0.717) is 6.10 Å². The molecule has 2 fully saturated rings. The maximum absolute atomic E-state index is 9.48. The van der Waals surface area contributed by atoms with Gasteiger partial charge in [-0.05, 0) is 25.2 Å². The molecule has 4 atom stereocenters. The highest BCUT2D eigenvalue weighted by molar-refractivity contribution is 4.99. The Hall–Kier alpha value is -0.0800. The van der Waals surface area contributed by atoms with E-state index in [1.165, 1.54) is 32.1 Å². The summed E-state index contributed by atoms with van der Waals surface area (Å²) in [5, 5.41) is 9.48. The molecule has 0 aromatic heterocycles. The van der Waals surface area contributed by atoms with Gasteiger partial charge >= 0.3 is 0 Å². The van der Waals surface area contributed by atoms with E-state index in [-0.39, 0.29) is 12.2 Å². The van der Waals surface area contributed by atoms with Crippen molar-refractivity contribution in [1.29, 1.82) is 0 Å². The predicted molar refractivity (Wildman–Crippen MR) is 51.5 cm³/mol. The van der Waals surface area contributed by atoms with E-state index < -0.39 is 0 Å². The fourth-order valence-corrected chi connectivity index (χ4v) is 2.50. The quantitative estimate of drug-likeness (QED) is 0.536. The van der Waals surface area contributed by atoms with Crippen molar-refractivity contribution in [1.82, 2.24) is 0 Å². The topological polar surface area (TPSA) is 32.8 Å². The molecule has 1 aliphatic carbocycles. The van der Waals surface area contributed by atoms with Gasteiger partial charge in [0.15, 0.2) is 0 Å². The van der Waals surface area contributed by atoms with Crippen LogP contribution >= 0.6 is 0 Å². The van der Waals surface area contributed by atoms with Gasteiger partial charge < -0.3 is 9.84 Å². The molecule has 76 valence electrons. The maximum Gasteiger partial charge on any atom is 0.110 e. The van der Waals surface area contributed by atoms with Crippen molar-refractivity contribution < 1.29 is 9.84 Å². The zero-order valence-corrected chi connectivity index (χ0v) is 8.41. The Labute approximate surface area is 80.3 Å². The summed E-state index contributed by atoms with van der Waals surface area (Å²) in [7, 11) is 0. The minimum atomic E-state index is -0.160. The van der Waals surface area contributed by atoms with Crippen molar-refractivity contribution in [2.24, 2.45) is 5.92 Å². The molecule has 1 aliphatic heterocycles. The third-order valence-electron chi connectivity index (χ3n) is 3.42. The minimum Gasteiger partial charge on any atom is -0.390 e. The zero-order chi connectivity index (χ0) is 9.26. The molecular weight excluding hydrogens is 164 g/mol. The van der Waals surface area contributed by atoms with Crippen LogP contribution in [-0.2, 0) is 4.74 Å². The Morgan fingerprint density at radius 2 is 2.08 bits per heavy atom. The van der Waals surface area contributed by atoms with Crippen molar-refractivity contribution in [3.8, 4) is 0 Å². The van der Waals surface area contributed by atoms with Crippen LogP contribution in [0.1, 0.15) is 45.4 Å². The lowest BCUT2D eigenvalue weighted by Gasteiger charge is -2.21. The standard InChI is InChI=1S/C11H20O2/c1-2-3-4-5-8-6-7-9(12)11-10(8)13-11/h8-12H,2-7H2,1H3/t8-,9-,10+,11-/m0/s1. The van der Waals surface area contributed by atoms with Gasteiger partial charge in [0.05, 0.1) is 12.2 Å². The molecule has 2 nitrogen and oxygen atoms in total. The molecule has 2 aliphatic rings. The Kier molecular flexibility index (Phi) is 2.89. The van der Waals surface area contributed by atoms with E-state index in [1.807, 2.05) is 0 Å². The van der Waals surface area contributed by atoms with Crippen LogP contribution < -0.4 is 0 Å². The maximum atomic E-state index is 9.48. The third-order valence-corrected chi connectivity index (χ3v) is 3.42. The van der Waals surface area contributed by atoms with Crippen LogP contribution in [0.4, 0.5) is 0 Å². The first-order valence-electron chi connectivity index (χ1n) is 5.66. The van der Waals surface area contributed by atoms with Crippen molar-refractivity contribution >= 4 is 0 Å². The lowest BCUT2D eigenvalue weighted by atomic mass is 9.84. The molecule has 1 heterocycles. The molecule has 0 spiro atoms. The average molecular weight is 184 g/mol. The fraction of sp³-hybridized carbons (Fsp3) is 1.00. The van der Waals surface area contributed by atoms with Crippen LogP contribution in [0.2, 0.25) is 0 Å². The van der Waals surface area contributed by atoms with Gasteiger partial charge in [-0.15, -0.1) is 0 Å². The van der Waals surface area contributed by atoms with E-state index in [2.05, 4.69) is 6.92 Å². The number of aliphatic hydroxyl groups excluding tert-OH is 1. The number of epoxide rings is 1. The monoisotopic (exact) mass is 184 g/mol. The van der Waals surface area contributed by atoms with Crippen molar-refractivity contribution in [2.75, 3.05) is 0 Å². The zero-order valence-electron chi connectivity index (χ0n) is 8.41. The molecule has 13 heavy (non-hydrogen) atoms. The Morgan fingerprint density at radius 3 is 2.85 bits per heavy atom. The summed E-state index contributed by atoms with van der Waals surface area (Å²) in [6.45, 7) is 2.24. The fourth-order valence-electron chi connectivity index (χ4n) is 2.50. The van der Waals surface area contributed by atoms with E-state index in [1.54, 1.807) is 0 Å². The molecule has 1 saturated heterocycles. The van der Waals surface area contributed by atoms with Crippen LogP contribution in [0.25, 0.3) is 0 Å². The Bertz CT molecular complexity index is 169. The van der Waals surface area contributed by atoms with E-state index in [4.69, 9.17) is 4.74 Å². The molecule has 2 rings (SSSR count). The molecule has 1 N–H and O–H groups in total. The smallest absolute Gasteiger partial charge is 0.110 e. The number of hydrogen-bond acceptors (Lipinski definition) is 2. The second-order valence-corrected chi connectivity index (χ2v) is 4.47. The first kappa shape index (κ1) is 9.47. The summed E-state index contributed by atoms with van der Waals surface area (Å²) in [4.78, 5) is 0. The van der Waals surface area contributed by atoms with Gasteiger partial charge in [0.2, 0.25) is 0 Å². The lowest BCUT2D eigenvalue weighted by molar-refractivity contribution is 0.117. The van der Waals surface area contributed by atoms with Crippen molar-refractivity contribution in [3.05, 3.63) is 0 Å². The summed E-state index contributed by atoms with van der Waals surface area (Å²) in [5.74, 6) is 0.750. The summed E-state index contributed by atoms with van der Waals surface area (Å²) >= 11 is 0. The highest BCUT2D eigenvalue weighted by Gasteiger charge is 2.51. The molecule has 1 saturated carbocycles. The Morgan fingerprint density at radius 1 is 1.23 bits per heavy atom. The van der Waals surface area contributed by atoms with Crippen LogP contribution in [0.3, 0.4) is 0 Å². The Balaban J connectivity index is 1.70. The van der Waals surface area contributed by atoms with Gasteiger partial charge in [-0.25, -0.2) is 0 Å². The molecule has 0 unspecified atom stereocenters. The summed E-state index contributed by atoms with van der Waals surface area (Å²) < 4.78 is 5.48. The molecule has 2 heteroatoms. The van der Waals surface area contributed by atoms with Crippen LogP contribution in [-0.4, -0.2) is 23.4 Å². The van der Waals surface area contributed by atoms with Gasteiger partial charge in [-0.2, -0.15) is 0 Å². The minimum absolute atomic E-state index is 0.160. The van der Waals surface area contributed by atoms with Gasteiger partial charge in [-0.3, -0.25) is 0 Å². The number of ether oxygens (including phenoxy) is 1. The van der Waals surface area contributed by atoms with Crippen LogP contribution in [0.15, 0.2) is 0 Å². The highest BCUT2D eigenvalue weighted by Crippen LogP contribution is 2.42. The van der Waals surface area contributed by atoms with Crippen molar-refractivity contribution in [2.45, 2.75) is 63.8 Å². The van der Waals surface area contributed by atoms with Crippen LogP contribution in [0.5, 0.6) is 0 Å². The average Bonchev–Trinajstić information content (AvgIpc) is 2.89. The lowest BCUT2D eigenvalue weighted by Crippen LogP contribution is -2.27. The highest BCUT2D eigenvalue weighted by atomic mass is 16.6. The number of fused-ring (bicyclic) bond motifs is 1. The number of hydrogen-bond donors (Lipinski definition) is 1. The van der Waals surface area contributed by atoms with E-state index >= 15 is 0 Å². The molecule has 0 radical (unpaired) electrons. The van der Waals surface area contributed by atoms with Gasteiger partial charge in [0, 0.05) is 0 Å². The molecule has 0 aromatic rings. The largest absolute Gasteiger partial charge is 0.390 e. The second-order valence-electron chi connectivity index (χ2n) is 4.47. The SMILES string of the molecule is CCCCC[C@H]1CC[C@H](O)[C@@H]2O[C@H]12. The van der Waals surface area contributed by atoms with Gasteiger partial charge in [-0.1, -0.05) is 26.2 Å². The molecule has 0 amide bonds. The third kappa shape index (κ3) is 2.05. The molecule has 0 bridgehead atoms. The van der Waals surface area contributed by atoms with E-state index in [9.17, 15) is 5.11 Å². The molecular formula is C11H20O2. The van der Waals surface area contributed by atoms with Crippen molar-refractivity contribution in [3.63, 3.8) is 0 Å². The summed E-state index contributed by atoms with van der Waals surface area (Å²) in [5.41, 5.74) is 0. The second kappa shape index (κ2) is 3.97. The number of unbranched alkanes of at least 4 members (excludes halogenated alkanes) is 2. The predicted octanol–water partition coefficient (Wildman–Crippen LogP) is 2.11. The van der Waals surface area contributed by atoms with Gasteiger partial charge in [0.25, 0.3) is 0 Å². The summed E-state index contributed by atoms with van der Waals surface area (Å²) in [6.07, 6.45) is 7.88. The normalized spacial score (nSPS) is 42.9. The summed E-state index contributed by atoms with van der Waals surface area (Å²) in [6, 6.07) is 0. The van der Waals surface area contributed by atoms with Gasteiger partial charge in [0.1, 0.15) is 6.10 Å². The van der Waals surface area contributed by atoms with Crippen LogP contribution in [0, 0.1) is 5.92 Å². The number of rotatable bonds is 4. The molecule has 0 aromatic carbocycles. The van der Waals surface area contributed by atoms with E-state index in [0.717, 1.165) is 12.3 Å². The first-order valence-corrected chi connectivity index (χ1v) is 5.66. The first-order chi connectivity index (χ1) is 6.33. The number of aliphatic hydroxyl groups is 1.